The van der Waals surface area contributed by atoms with Crippen molar-refractivity contribution in [1.82, 2.24) is 0 Å². The van der Waals surface area contributed by atoms with Gasteiger partial charge in [0.25, 0.3) is 0 Å². The standard InChI is InChI=1S/C18H19F.C5H10O2S/c1-3-13(2)15-10-16(12-18(11-15)8-9-18)14-4-6-17(19)7-5-14;1-4-5(2)8(3,6)7/h3-7,13H,1,8-9,11-12H2,2H3;4H,1-3H3/b;5-4+. The Morgan fingerprint density at radius 2 is 1.85 bits per heavy atom. The van der Waals surface area contributed by atoms with Gasteiger partial charge >= 0.3 is 0 Å². The SMILES string of the molecule is C/C=C(\C)S(C)(=O)=O.C=CC(C)C1=C=C(c2ccc(F)cc2)CC2(CC2)C1. The Hall–Kier alpha value is -1.90. The van der Waals surface area contributed by atoms with E-state index in [1.54, 1.807) is 19.9 Å². The monoisotopic (exact) mass is 388 g/mol. The van der Waals surface area contributed by atoms with Crippen LogP contribution in [0.4, 0.5) is 4.39 Å². The van der Waals surface area contributed by atoms with Crippen molar-refractivity contribution in [3.05, 3.63) is 70.6 Å². The van der Waals surface area contributed by atoms with Gasteiger partial charge in [0.1, 0.15) is 5.82 Å². The fourth-order valence-corrected chi connectivity index (χ4v) is 3.54. The molecule has 1 aromatic rings. The highest BCUT2D eigenvalue weighted by Crippen LogP contribution is 2.58. The summed E-state index contributed by atoms with van der Waals surface area (Å²) in [6.45, 7) is 9.36. The van der Waals surface area contributed by atoms with Crippen molar-refractivity contribution in [3.63, 3.8) is 0 Å². The molecule has 2 nitrogen and oxygen atoms in total. The molecule has 0 radical (unpaired) electrons. The summed E-state index contributed by atoms with van der Waals surface area (Å²) in [7, 11) is -2.89. The summed E-state index contributed by atoms with van der Waals surface area (Å²) < 4.78 is 34.0. The van der Waals surface area contributed by atoms with Crippen LogP contribution in [-0.4, -0.2) is 14.7 Å². The molecule has 3 rings (SSSR count). The molecule has 0 N–H and O–H groups in total. The van der Waals surface area contributed by atoms with E-state index in [2.05, 4.69) is 19.2 Å². The van der Waals surface area contributed by atoms with E-state index in [1.165, 1.54) is 42.4 Å². The maximum atomic E-state index is 13.0. The molecular weight excluding hydrogens is 359 g/mol. The third kappa shape index (κ3) is 5.79. The minimum Gasteiger partial charge on any atom is -0.224 e. The Morgan fingerprint density at radius 3 is 2.26 bits per heavy atom. The van der Waals surface area contributed by atoms with Gasteiger partial charge in [0.2, 0.25) is 0 Å². The number of allylic oxidation sites excluding steroid dienone is 4. The van der Waals surface area contributed by atoms with E-state index >= 15 is 0 Å². The average molecular weight is 389 g/mol. The zero-order chi connectivity index (χ0) is 20.2. The minimum atomic E-state index is -2.89. The van der Waals surface area contributed by atoms with Crippen LogP contribution in [0.5, 0.6) is 0 Å². The fraction of sp³-hybridized carbons (Fsp3) is 0.435. The zero-order valence-electron chi connectivity index (χ0n) is 16.7. The second-order valence-corrected chi connectivity index (χ2v) is 9.87. The Bertz CT molecular complexity index is 894. The predicted molar refractivity (Wildman–Crippen MR) is 111 cm³/mol. The summed E-state index contributed by atoms with van der Waals surface area (Å²) in [5, 5.41) is 0. The molecule has 1 aromatic carbocycles. The normalized spacial score (nSPS) is 19.4. The lowest BCUT2D eigenvalue weighted by molar-refractivity contribution is 0.493. The van der Waals surface area contributed by atoms with Crippen LogP contribution in [-0.2, 0) is 9.84 Å². The van der Waals surface area contributed by atoms with Crippen LogP contribution in [0, 0.1) is 17.2 Å². The highest BCUT2D eigenvalue weighted by molar-refractivity contribution is 7.94. The number of hydrogen-bond acceptors (Lipinski definition) is 2. The molecule has 0 aromatic heterocycles. The summed E-state index contributed by atoms with van der Waals surface area (Å²) >= 11 is 0. The predicted octanol–water partition coefficient (Wildman–Crippen LogP) is 6.09. The van der Waals surface area contributed by atoms with Gasteiger partial charge in [-0.2, -0.15) is 0 Å². The Balaban J connectivity index is 0.000000279. The van der Waals surface area contributed by atoms with Crippen LogP contribution in [0.1, 0.15) is 52.0 Å². The van der Waals surface area contributed by atoms with E-state index in [0.717, 1.165) is 18.4 Å². The van der Waals surface area contributed by atoms with Gasteiger partial charge in [-0.05, 0) is 68.2 Å². The molecule has 1 saturated carbocycles. The molecule has 1 atom stereocenters. The number of hydrogen-bond donors (Lipinski definition) is 0. The third-order valence-electron chi connectivity index (χ3n) is 5.47. The zero-order valence-corrected chi connectivity index (χ0v) is 17.5. The number of sulfone groups is 1. The lowest BCUT2D eigenvalue weighted by atomic mass is 9.79. The maximum absolute atomic E-state index is 13.0. The Labute approximate surface area is 163 Å². The Kier molecular flexibility index (Phi) is 6.67. The maximum Gasteiger partial charge on any atom is 0.171 e. The molecule has 0 heterocycles. The molecule has 0 saturated heterocycles. The van der Waals surface area contributed by atoms with Gasteiger partial charge in [0.05, 0.1) is 0 Å². The molecular formula is C23H29FO2S. The van der Waals surface area contributed by atoms with Crippen molar-refractivity contribution in [1.29, 1.82) is 0 Å². The van der Waals surface area contributed by atoms with Crippen LogP contribution in [0.15, 0.2) is 59.2 Å². The molecule has 0 bridgehead atoms. The fourth-order valence-electron chi connectivity index (χ4n) is 3.11. The second kappa shape index (κ2) is 8.41. The van der Waals surface area contributed by atoms with E-state index in [4.69, 9.17) is 0 Å². The van der Waals surface area contributed by atoms with Crippen molar-refractivity contribution >= 4 is 15.4 Å². The molecule has 1 spiro atoms. The molecule has 1 fully saturated rings. The first-order valence-electron chi connectivity index (χ1n) is 9.30. The van der Waals surface area contributed by atoms with Crippen LogP contribution < -0.4 is 0 Å². The van der Waals surface area contributed by atoms with Crippen molar-refractivity contribution in [2.24, 2.45) is 11.3 Å². The molecule has 1 unspecified atom stereocenters. The summed E-state index contributed by atoms with van der Waals surface area (Å²) in [5.41, 5.74) is 7.76. The topological polar surface area (TPSA) is 34.1 Å². The van der Waals surface area contributed by atoms with Crippen molar-refractivity contribution in [3.8, 4) is 0 Å². The van der Waals surface area contributed by atoms with E-state index in [-0.39, 0.29) is 5.82 Å². The second-order valence-electron chi connectivity index (χ2n) is 7.69. The van der Waals surface area contributed by atoms with Gasteiger partial charge in [-0.15, -0.1) is 12.3 Å². The van der Waals surface area contributed by atoms with E-state index in [9.17, 15) is 12.8 Å². The van der Waals surface area contributed by atoms with Gasteiger partial charge in [0, 0.05) is 22.7 Å². The first-order chi connectivity index (χ1) is 12.6. The summed E-state index contributed by atoms with van der Waals surface area (Å²) in [6.07, 6.45) is 9.64. The molecule has 0 aliphatic heterocycles. The van der Waals surface area contributed by atoms with Crippen LogP contribution in [0.2, 0.25) is 0 Å². The smallest absolute Gasteiger partial charge is 0.171 e. The third-order valence-corrected chi connectivity index (χ3v) is 6.88. The lowest BCUT2D eigenvalue weighted by Crippen LogP contribution is -2.11. The molecule has 4 heteroatoms. The summed E-state index contributed by atoms with van der Waals surface area (Å²) in [6, 6.07) is 6.81. The highest BCUT2D eigenvalue weighted by Gasteiger charge is 2.45. The van der Waals surface area contributed by atoms with Gasteiger partial charge < -0.3 is 0 Å². The van der Waals surface area contributed by atoms with E-state index in [0.29, 0.717) is 16.2 Å². The first-order valence-corrected chi connectivity index (χ1v) is 11.2. The Morgan fingerprint density at radius 1 is 1.26 bits per heavy atom. The lowest BCUT2D eigenvalue weighted by Gasteiger charge is -2.24. The van der Waals surface area contributed by atoms with Gasteiger partial charge in [0.15, 0.2) is 9.84 Å². The van der Waals surface area contributed by atoms with Crippen LogP contribution in [0.25, 0.3) is 5.57 Å². The first kappa shape index (κ1) is 21.4. The summed E-state index contributed by atoms with van der Waals surface area (Å²) in [4.78, 5) is 0.428. The van der Waals surface area contributed by atoms with Gasteiger partial charge in [-0.3, -0.25) is 0 Å². The van der Waals surface area contributed by atoms with Crippen LogP contribution >= 0.6 is 0 Å². The quantitative estimate of drug-likeness (QED) is 0.462. The summed E-state index contributed by atoms with van der Waals surface area (Å²) in [5.74, 6) is 0.207. The molecule has 146 valence electrons. The minimum absolute atomic E-state index is 0.176. The van der Waals surface area contributed by atoms with Gasteiger partial charge in [-0.1, -0.05) is 31.2 Å². The van der Waals surface area contributed by atoms with Crippen molar-refractivity contribution in [2.45, 2.75) is 46.5 Å². The molecule has 0 amide bonds. The molecule has 27 heavy (non-hydrogen) atoms. The van der Waals surface area contributed by atoms with Crippen LogP contribution in [0.3, 0.4) is 0 Å². The van der Waals surface area contributed by atoms with E-state index in [1.807, 2.05) is 18.2 Å². The van der Waals surface area contributed by atoms with Crippen molar-refractivity contribution in [2.75, 3.05) is 6.26 Å². The number of benzene rings is 1. The van der Waals surface area contributed by atoms with Crippen molar-refractivity contribution < 1.29 is 12.8 Å². The molecule has 2 aliphatic carbocycles. The molecule has 2 aliphatic rings. The van der Waals surface area contributed by atoms with Gasteiger partial charge in [-0.25, -0.2) is 12.8 Å². The highest BCUT2D eigenvalue weighted by atomic mass is 32.2. The number of rotatable bonds is 4. The van der Waals surface area contributed by atoms with E-state index < -0.39 is 9.84 Å². The largest absolute Gasteiger partial charge is 0.224 e. The number of halogens is 1. The average Bonchev–Trinajstić information content (AvgIpc) is 3.38.